The first-order valence-electron chi connectivity index (χ1n) is 12.8. The molecular weight excluding hydrogens is 476 g/mol. The van der Waals surface area contributed by atoms with Crippen LogP contribution in [0, 0.1) is 6.92 Å². The van der Waals surface area contributed by atoms with Gasteiger partial charge in [-0.2, -0.15) is 0 Å². The Morgan fingerprint density at radius 3 is 2.50 bits per heavy atom. The number of tetrazole rings is 1. The quantitative estimate of drug-likeness (QED) is 0.285. The molecule has 0 amide bonds. The molecule has 0 spiro atoms. The molecule has 2 aromatic heterocycles. The average Bonchev–Trinajstić information content (AvgIpc) is 3.38. The van der Waals surface area contributed by atoms with E-state index in [-0.39, 0.29) is 11.6 Å². The molecule has 0 aliphatic rings. The highest BCUT2D eigenvalue weighted by atomic mass is 16.5. The molecule has 0 aliphatic carbocycles. The van der Waals surface area contributed by atoms with Crippen molar-refractivity contribution in [3.05, 3.63) is 117 Å². The number of fused-ring (bicyclic) bond motifs is 1. The normalized spacial score (nSPS) is 12.2. The summed E-state index contributed by atoms with van der Waals surface area (Å²) in [6.07, 6.45) is 0.781. The first-order valence-corrected chi connectivity index (χ1v) is 12.8. The van der Waals surface area contributed by atoms with E-state index < -0.39 is 0 Å². The van der Waals surface area contributed by atoms with Crippen LogP contribution in [0.1, 0.15) is 47.5 Å². The number of nitrogens with zero attached hydrogens (tertiary/aromatic N) is 5. The van der Waals surface area contributed by atoms with Crippen molar-refractivity contribution in [2.75, 3.05) is 7.11 Å². The molecule has 8 nitrogen and oxygen atoms in total. The van der Waals surface area contributed by atoms with Crippen LogP contribution < -0.4 is 10.3 Å². The standard InChI is InChI=1S/C30H32N6O2/c1-4-28(29-32-33-34-36(29)19-22-8-6-5-7-9-22)35(18-23-12-10-21(2)11-13-23)20-25-16-24-14-15-26(38-3)17-27(24)31-30(25)37/h5-17,28H,4,18-20H2,1-3H3,(H,31,37). The van der Waals surface area contributed by atoms with Crippen molar-refractivity contribution in [3.8, 4) is 5.75 Å². The molecule has 38 heavy (non-hydrogen) atoms. The SMILES string of the molecule is CCC(c1nnnn1Cc1ccccc1)N(Cc1ccc(C)cc1)Cc1cc2ccc(OC)cc2[nH]c1=O. The van der Waals surface area contributed by atoms with E-state index in [1.165, 1.54) is 5.56 Å². The second kappa shape index (κ2) is 11.4. The summed E-state index contributed by atoms with van der Waals surface area (Å²) in [4.78, 5) is 18.5. The summed E-state index contributed by atoms with van der Waals surface area (Å²) < 4.78 is 7.19. The van der Waals surface area contributed by atoms with E-state index in [1.54, 1.807) is 7.11 Å². The van der Waals surface area contributed by atoms with Crippen LogP contribution in [0.5, 0.6) is 5.75 Å². The molecule has 5 rings (SSSR count). The van der Waals surface area contributed by atoms with E-state index in [2.05, 4.69) is 75.7 Å². The van der Waals surface area contributed by atoms with Crippen molar-refractivity contribution in [2.24, 2.45) is 0 Å². The third kappa shape index (κ3) is 5.65. The number of aromatic amines is 1. The van der Waals surface area contributed by atoms with Gasteiger partial charge in [-0.05, 0) is 58.5 Å². The van der Waals surface area contributed by atoms with Gasteiger partial charge in [-0.15, -0.1) is 5.10 Å². The molecule has 0 radical (unpaired) electrons. The van der Waals surface area contributed by atoms with Gasteiger partial charge in [-0.1, -0.05) is 67.1 Å². The molecule has 2 heterocycles. The van der Waals surface area contributed by atoms with Crippen molar-refractivity contribution in [3.63, 3.8) is 0 Å². The molecule has 5 aromatic rings. The second-order valence-electron chi connectivity index (χ2n) is 9.57. The fraction of sp³-hybridized carbons (Fsp3) is 0.267. The zero-order chi connectivity index (χ0) is 26.5. The van der Waals surface area contributed by atoms with Crippen LogP contribution in [0.3, 0.4) is 0 Å². The fourth-order valence-corrected chi connectivity index (χ4v) is 4.82. The Hall–Kier alpha value is -4.30. The Labute approximate surface area is 221 Å². The van der Waals surface area contributed by atoms with Gasteiger partial charge in [-0.25, -0.2) is 4.68 Å². The lowest BCUT2D eigenvalue weighted by atomic mass is 10.1. The molecule has 0 saturated heterocycles. The van der Waals surface area contributed by atoms with Gasteiger partial charge in [0.25, 0.3) is 5.56 Å². The lowest BCUT2D eigenvalue weighted by molar-refractivity contribution is 0.161. The molecule has 1 unspecified atom stereocenters. The van der Waals surface area contributed by atoms with Crippen LogP contribution in [0.4, 0.5) is 0 Å². The van der Waals surface area contributed by atoms with Gasteiger partial charge in [0.2, 0.25) is 0 Å². The zero-order valence-corrected chi connectivity index (χ0v) is 22.0. The number of H-pyrrole nitrogens is 1. The second-order valence-corrected chi connectivity index (χ2v) is 9.57. The monoisotopic (exact) mass is 508 g/mol. The third-order valence-corrected chi connectivity index (χ3v) is 6.87. The highest BCUT2D eigenvalue weighted by molar-refractivity contribution is 5.80. The van der Waals surface area contributed by atoms with E-state index >= 15 is 0 Å². The number of rotatable bonds is 10. The number of aromatic nitrogens is 5. The lowest BCUT2D eigenvalue weighted by Gasteiger charge is -2.30. The Morgan fingerprint density at radius 2 is 1.76 bits per heavy atom. The van der Waals surface area contributed by atoms with Crippen molar-refractivity contribution in [1.82, 2.24) is 30.1 Å². The minimum absolute atomic E-state index is 0.0963. The summed E-state index contributed by atoms with van der Waals surface area (Å²) in [6.45, 7) is 5.89. The summed E-state index contributed by atoms with van der Waals surface area (Å²) >= 11 is 0. The topological polar surface area (TPSA) is 88.9 Å². The Balaban J connectivity index is 1.51. The van der Waals surface area contributed by atoms with E-state index in [0.717, 1.165) is 34.3 Å². The molecule has 0 bridgehead atoms. The van der Waals surface area contributed by atoms with Gasteiger partial charge in [0, 0.05) is 24.7 Å². The summed E-state index contributed by atoms with van der Waals surface area (Å²) in [6, 6.07) is 26.3. The Bertz CT molecular complexity index is 1560. The van der Waals surface area contributed by atoms with Crippen molar-refractivity contribution in [2.45, 2.75) is 45.9 Å². The van der Waals surface area contributed by atoms with Gasteiger partial charge < -0.3 is 9.72 Å². The van der Waals surface area contributed by atoms with Crippen molar-refractivity contribution >= 4 is 10.9 Å². The van der Waals surface area contributed by atoms with Gasteiger partial charge in [-0.3, -0.25) is 9.69 Å². The molecule has 8 heteroatoms. The van der Waals surface area contributed by atoms with Crippen LogP contribution in [-0.4, -0.2) is 37.2 Å². The van der Waals surface area contributed by atoms with E-state index in [9.17, 15) is 4.79 Å². The number of ether oxygens (including phenoxy) is 1. The predicted octanol–water partition coefficient (Wildman–Crippen LogP) is 5.03. The average molecular weight is 509 g/mol. The van der Waals surface area contributed by atoms with Gasteiger partial charge >= 0.3 is 0 Å². The number of benzene rings is 3. The summed E-state index contributed by atoms with van der Waals surface area (Å²) in [5.41, 5.74) is 4.83. The van der Waals surface area contributed by atoms with Gasteiger partial charge in [0.1, 0.15) is 5.75 Å². The van der Waals surface area contributed by atoms with Crippen LogP contribution >= 0.6 is 0 Å². The predicted molar refractivity (Wildman–Crippen MR) is 148 cm³/mol. The smallest absolute Gasteiger partial charge is 0.252 e. The molecule has 1 atom stereocenters. The number of nitrogens with one attached hydrogen (secondary N) is 1. The molecule has 1 N–H and O–H groups in total. The first kappa shape index (κ1) is 25.4. The molecule has 194 valence electrons. The first-order chi connectivity index (χ1) is 18.5. The number of pyridine rings is 1. The number of aryl methyl sites for hydroxylation is 1. The minimum Gasteiger partial charge on any atom is -0.497 e. The van der Waals surface area contributed by atoms with E-state index in [0.29, 0.717) is 30.9 Å². The third-order valence-electron chi connectivity index (χ3n) is 6.87. The maximum Gasteiger partial charge on any atom is 0.252 e. The molecule has 3 aromatic carbocycles. The highest BCUT2D eigenvalue weighted by Gasteiger charge is 2.26. The summed E-state index contributed by atoms with van der Waals surface area (Å²) in [5.74, 6) is 1.49. The number of methoxy groups -OCH3 is 1. The van der Waals surface area contributed by atoms with Crippen LogP contribution in [0.25, 0.3) is 10.9 Å². The maximum absolute atomic E-state index is 13.2. The zero-order valence-electron chi connectivity index (χ0n) is 22.0. The van der Waals surface area contributed by atoms with E-state index in [1.807, 2.05) is 47.1 Å². The van der Waals surface area contributed by atoms with Crippen molar-refractivity contribution < 1.29 is 4.74 Å². The Morgan fingerprint density at radius 1 is 0.974 bits per heavy atom. The molecule has 0 fully saturated rings. The fourth-order valence-electron chi connectivity index (χ4n) is 4.82. The summed E-state index contributed by atoms with van der Waals surface area (Å²) in [5, 5.41) is 13.7. The molecule has 0 aliphatic heterocycles. The Kier molecular flexibility index (Phi) is 7.60. The number of hydrogen-bond acceptors (Lipinski definition) is 6. The van der Waals surface area contributed by atoms with Crippen LogP contribution in [-0.2, 0) is 19.6 Å². The van der Waals surface area contributed by atoms with Crippen molar-refractivity contribution in [1.29, 1.82) is 0 Å². The molecular formula is C30H32N6O2. The minimum atomic E-state index is -0.113. The van der Waals surface area contributed by atoms with Crippen LogP contribution in [0.2, 0.25) is 0 Å². The lowest BCUT2D eigenvalue weighted by Crippen LogP contribution is -2.32. The largest absolute Gasteiger partial charge is 0.497 e. The van der Waals surface area contributed by atoms with Gasteiger partial charge in [0.05, 0.1) is 25.2 Å². The highest BCUT2D eigenvalue weighted by Crippen LogP contribution is 2.27. The van der Waals surface area contributed by atoms with Gasteiger partial charge in [0.15, 0.2) is 5.82 Å². The summed E-state index contributed by atoms with van der Waals surface area (Å²) in [7, 11) is 1.62. The van der Waals surface area contributed by atoms with E-state index in [4.69, 9.17) is 4.74 Å². The maximum atomic E-state index is 13.2. The van der Waals surface area contributed by atoms with Crippen LogP contribution in [0.15, 0.2) is 83.7 Å². The number of hydrogen-bond donors (Lipinski definition) is 1. The molecule has 0 saturated carbocycles.